The highest BCUT2D eigenvalue weighted by molar-refractivity contribution is 7.08. The first-order chi connectivity index (χ1) is 14.0. The Balaban J connectivity index is 1.53. The third kappa shape index (κ3) is 5.48. The summed E-state index contributed by atoms with van der Waals surface area (Å²) in [4.78, 5) is 18.5. The maximum Gasteiger partial charge on any atom is 0.265 e. The van der Waals surface area contributed by atoms with Gasteiger partial charge in [-0.3, -0.25) is 4.79 Å². The number of thiophene rings is 1. The summed E-state index contributed by atoms with van der Waals surface area (Å²) in [5.74, 6) is 1.36. The monoisotopic (exact) mass is 416 g/mol. The molecule has 1 aromatic carbocycles. The molecule has 1 aromatic heterocycles. The molecule has 2 heterocycles. The molecule has 1 unspecified atom stereocenters. The van der Waals surface area contributed by atoms with Crippen LogP contribution in [0.25, 0.3) is 0 Å². The number of benzene rings is 1. The largest absolute Gasteiger partial charge is 0.482 e. The van der Waals surface area contributed by atoms with E-state index in [0.29, 0.717) is 19.0 Å². The van der Waals surface area contributed by atoms with Crippen molar-refractivity contribution in [3.05, 3.63) is 46.7 Å². The Morgan fingerprint density at radius 1 is 1.34 bits per heavy atom. The van der Waals surface area contributed by atoms with Gasteiger partial charge >= 0.3 is 0 Å². The second-order valence-electron chi connectivity index (χ2n) is 7.06. The minimum Gasteiger partial charge on any atom is -0.482 e. The van der Waals surface area contributed by atoms with Gasteiger partial charge in [0.1, 0.15) is 11.4 Å². The lowest BCUT2D eigenvalue weighted by molar-refractivity contribution is -0.121. The number of guanidine groups is 1. The lowest BCUT2D eigenvalue weighted by atomic mass is 10.00. The van der Waals surface area contributed by atoms with Gasteiger partial charge in [-0.1, -0.05) is 12.1 Å². The SMILES string of the molecule is CCNC(=NCC(C)(O)c1ccsc1)NCCCN1C(=O)COc2ccccc21. The lowest BCUT2D eigenvalue weighted by Gasteiger charge is -2.29. The Morgan fingerprint density at radius 2 is 2.17 bits per heavy atom. The van der Waals surface area contributed by atoms with Crippen molar-refractivity contribution in [2.75, 3.05) is 37.7 Å². The van der Waals surface area contributed by atoms with Crippen LogP contribution in [0.2, 0.25) is 0 Å². The number of ether oxygens (including phenoxy) is 1. The van der Waals surface area contributed by atoms with E-state index in [1.165, 1.54) is 0 Å². The van der Waals surface area contributed by atoms with Crippen LogP contribution < -0.4 is 20.3 Å². The van der Waals surface area contributed by atoms with Crippen LogP contribution in [-0.2, 0) is 10.4 Å². The molecule has 2 aromatic rings. The number of anilines is 1. The molecule has 1 aliphatic rings. The molecule has 8 heteroatoms. The maximum atomic E-state index is 12.2. The van der Waals surface area contributed by atoms with E-state index in [1.54, 1.807) is 23.2 Å². The van der Waals surface area contributed by atoms with Crippen LogP contribution in [0.4, 0.5) is 5.69 Å². The lowest BCUT2D eigenvalue weighted by Crippen LogP contribution is -2.42. The molecule has 0 saturated heterocycles. The van der Waals surface area contributed by atoms with Crippen LogP contribution in [-0.4, -0.2) is 49.8 Å². The van der Waals surface area contributed by atoms with Crippen molar-refractivity contribution in [2.24, 2.45) is 4.99 Å². The van der Waals surface area contributed by atoms with Crippen molar-refractivity contribution < 1.29 is 14.6 Å². The predicted octanol–water partition coefficient (Wildman–Crippen LogP) is 2.33. The molecule has 0 radical (unpaired) electrons. The van der Waals surface area contributed by atoms with Gasteiger partial charge in [0, 0.05) is 19.6 Å². The van der Waals surface area contributed by atoms with Crippen LogP contribution >= 0.6 is 11.3 Å². The fourth-order valence-corrected chi connectivity index (χ4v) is 3.86. The molecular formula is C21H28N4O3S. The van der Waals surface area contributed by atoms with Gasteiger partial charge in [0.15, 0.2) is 12.6 Å². The molecule has 0 spiro atoms. The highest BCUT2D eigenvalue weighted by Gasteiger charge is 2.25. The van der Waals surface area contributed by atoms with Gasteiger partial charge in [-0.15, -0.1) is 0 Å². The summed E-state index contributed by atoms with van der Waals surface area (Å²) in [7, 11) is 0. The zero-order chi connectivity index (χ0) is 20.7. The molecule has 0 aliphatic carbocycles. The number of hydrogen-bond donors (Lipinski definition) is 3. The van der Waals surface area contributed by atoms with Crippen LogP contribution in [0.3, 0.4) is 0 Å². The summed E-state index contributed by atoms with van der Waals surface area (Å²) in [6.07, 6.45) is 0.755. The summed E-state index contributed by atoms with van der Waals surface area (Å²) in [5.41, 5.74) is 0.675. The minimum absolute atomic E-state index is 0.0314. The topological polar surface area (TPSA) is 86.2 Å². The molecule has 0 fully saturated rings. The predicted molar refractivity (Wildman–Crippen MR) is 117 cm³/mol. The smallest absolute Gasteiger partial charge is 0.265 e. The minimum atomic E-state index is -1.01. The zero-order valence-electron chi connectivity index (χ0n) is 16.9. The molecule has 29 heavy (non-hydrogen) atoms. The second-order valence-corrected chi connectivity index (χ2v) is 7.84. The maximum absolute atomic E-state index is 12.2. The number of para-hydroxylation sites is 2. The summed E-state index contributed by atoms with van der Waals surface area (Å²) in [6.45, 7) is 6.07. The van der Waals surface area contributed by atoms with Crippen molar-refractivity contribution in [3.8, 4) is 5.75 Å². The standard InChI is InChI=1S/C21H28N4O3S/c1-3-22-20(24-15-21(2,27)16-9-12-29-14-16)23-10-6-11-25-17-7-4-5-8-18(17)28-13-19(25)26/h4-5,7-9,12,14,27H,3,6,10-11,13,15H2,1-2H3,(H2,22,23,24). The normalized spacial score (nSPS) is 16.0. The summed E-state index contributed by atoms with van der Waals surface area (Å²) in [6, 6.07) is 9.50. The molecule has 1 atom stereocenters. The number of nitrogens with zero attached hydrogens (tertiary/aromatic N) is 2. The number of nitrogens with one attached hydrogen (secondary N) is 2. The number of amides is 1. The molecular weight excluding hydrogens is 388 g/mol. The van der Waals surface area contributed by atoms with E-state index in [1.807, 2.05) is 48.0 Å². The quantitative estimate of drug-likeness (QED) is 0.349. The van der Waals surface area contributed by atoms with Crippen LogP contribution in [0, 0.1) is 0 Å². The van der Waals surface area contributed by atoms with E-state index in [0.717, 1.165) is 30.0 Å². The van der Waals surface area contributed by atoms with E-state index in [9.17, 15) is 9.90 Å². The summed E-state index contributed by atoms with van der Waals surface area (Å²) >= 11 is 1.56. The molecule has 3 N–H and O–H groups in total. The number of rotatable bonds is 8. The van der Waals surface area contributed by atoms with Crippen molar-refractivity contribution in [3.63, 3.8) is 0 Å². The number of carbonyl (C=O) groups excluding carboxylic acids is 1. The van der Waals surface area contributed by atoms with Gasteiger partial charge in [-0.05, 0) is 54.8 Å². The Kier molecular flexibility index (Phi) is 7.11. The van der Waals surface area contributed by atoms with E-state index in [-0.39, 0.29) is 19.1 Å². The molecule has 0 saturated carbocycles. The van der Waals surface area contributed by atoms with Gasteiger partial charge in [0.2, 0.25) is 0 Å². The van der Waals surface area contributed by atoms with Crippen molar-refractivity contribution in [1.29, 1.82) is 0 Å². The van der Waals surface area contributed by atoms with E-state index >= 15 is 0 Å². The highest BCUT2D eigenvalue weighted by Crippen LogP contribution is 2.31. The third-order valence-electron chi connectivity index (χ3n) is 4.69. The molecule has 1 amide bonds. The first-order valence-electron chi connectivity index (χ1n) is 9.80. The van der Waals surface area contributed by atoms with Crippen molar-refractivity contribution in [2.45, 2.75) is 25.9 Å². The number of aliphatic hydroxyl groups is 1. The van der Waals surface area contributed by atoms with Gasteiger partial charge in [-0.25, -0.2) is 4.99 Å². The molecule has 0 bridgehead atoms. The van der Waals surface area contributed by atoms with Crippen LogP contribution in [0.1, 0.15) is 25.8 Å². The van der Waals surface area contributed by atoms with Gasteiger partial charge in [0.05, 0.1) is 12.2 Å². The molecule has 1 aliphatic heterocycles. The Bertz CT molecular complexity index is 836. The van der Waals surface area contributed by atoms with Crippen molar-refractivity contribution >= 4 is 28.9 Å². The van der Waals surface area contributed by atoms with Gasteiger partial charge in [-0.2, -0.15) is 11.3 Å². The number of carbonyl (C=O) groups is 1. The number of fused-ring (bicyclic) bond motifs is 1. The first-order valence-corrected chi connectivity index (χ1v) is 10.7. The van der Waals surface area contributed by atoms with Crippen LogP contribution in [0.15, 0.2) is 46.1 Å². The average Bonchev–Trinajstić information content (AvgIpc) is 3.26. The fourth-order valence-electron chi connectivity index (χ4n) is 3.08. The third-order valence-corrected chi connectivity index (χ3v) is 5.37. The van der Waals surface area contributed by atoms with E-state index in [4.69, 9.17) is 4.74 Å². The van der Waals surface area contributed by atoms with Crippen LogP contribution in [0.5, 0.6) is 5.75 Å². The summed E-state index contributed by atoms with van der Waals surface area (Å²) in [5, 5.41) is 21.0. The number of aliphatic imine (C=N–C) groups is 1. The molecule has 156 valence electrons. The second kappa shape index (κ2) is 9.76. The Labute approximate surface area is 175 Å². The van der Waals surface area contributed by atoms with Gasteiger partial charge in [0.25, 0.3) is 5.91 Å². The molecule has 3 rings (SSSR count). The van der Waals surface area contributed by atoms with E-state index in [2.05, 4.69) is 15.6 Å². The fraction of sp³-hybridized carbons (Fsp3) is 0.429. The van der Waals surface area contributed by atoms with Gasteiger partial charge < -0.3 is 25.4 Å². The first kappa shape index (κ1) is 21.1. The number of hydrogen-bond acceptors (Lipinski definition) is 5. The van der Waals surface area contributed by atoms with E-state index < -0.39 is 5.60 Å². The Hall–Kier alpha value is -2.58. The van der Waals surface area contributed by atoms with Crippen molar-refractivity contribution in [1.82, 2.24) is 10.6 Å². The average molecular weight is 417 g/mol. The summed E-state index contributed by atoms with van der Waals surface area (Å²) < 4.78 is 5.48. The highest BCUT2D eigenvalue weighted by atomic mass is 32.1. The molecule has 7 nitrogen and oxygen atoms in total. The zero-order valence-corrected chi connectivity index (χ0v) is 17.7. The Morgan fingerprint density at radius 3 is 2.93 bits per heavy atom.